The van der Waals surface area contributed by atoms with Crippen LogP contribution in [0.2, 0.25) is 0 Å². The number of fused-ring (bicyclic) bond motifs is 2. The fourth-order valence-electron chi connectivity index (χ4n) is 4.06. The van der Waals surface area contributed by atoms with Crippen molar-refractivity contribution in [3.8, 4) is 22.5 Å². The highest BCUT2D eigenvalue weighted by molar-refractivity contribution is 5.99. The molecule has 146 valence electrons. The summed E-state index contributed by atoms with van der Waals surface area (Å²) in [5.41, 5.74) is 8.94. The molecule has 0 aliphatic carbocycles. The van der Waals surface area contributed by atoms with Crippen molar-refractivity contribution in [2.24, 2.45) is 0 Å². The third-order valence-corrected chi connectivity index (χ3v) is 5.59. The maximum atomic E-state index is 4.95. The zero-order valence-corrected chi connectivity index (χ0v) is 16.2. The maximum absolute atomic E-state index is 4.95. The number of rotatable bonds is 3. The Morgan fingerprint density at radius 2 is 1.87 bits per heavy atom. The van der Waals surface area contributed by atoms with Crippen molar-refractivity contribution < 1.29 is 0 Å². The van der Waals surface area contributed by atoms with Crippen LogP contribution in [0.5, 0.6) is 0 Å². The highest BCUT2D eigenvalue weighted by atomic mass is 15.1. The van der Waals surface area contributed by atoms with Crippen molar-refractivity contribution in [1.29, 1.82) is 0 Å². The van der Waals surface area contributed by atoms with E-state index < -0.39 is 0 Å². The van der Waals surface area contributed by atoms with E-state index >= 15 is 0 Å². The van der Waals surface area contributed by atoms with E-state index in [-0.39, 0.29) is 0 Å². The molecule has 0 bridgehead atoms. The van der Waals surface area contributed by atoms with Gasteiger partial charge in [-0.25, -0.2) is 4.98 Å². The fraction of sp³-hybridized carbons (Fsp3) is 0.130. The van der Waals surface area contributed by atoms with Gasteiger partial charge in [-0.1, -0.05) is 6.08 Å². The maximum Gasteiger partial charge on any atom is 0.135 e. The van der Waals surface area contributed by atoms with Crippen molar-refractivity contribution in [1.82, 2.24) is 35.5 Å². The van der Waals surface area contributed by atoms with E-state index in [0.29, 0.717) is 0 Å². The molecule has 1 aliphatic rings. The van der Waals surface area contributed by atoms with Gasteiger partial charge in [0.05, 0.1) is 28.6 Å². The Morgan fingerprint density at radius 1 is 0.933 bits per heavy atom. The van der Waals surface area contributed by atoms with E-state index in [4.69, 9.17) is 4.98 Å². The smallest absolute Gasteiger partial charge is 0.135 e. The van der Waals surface area contributed by atoms with Gasteiger partial charge in [0, 0.05) is 36.1 Å². The third kappa shape index (κ3) is 2.79. The lowest BCUT2D eigenvalue weighted by atomic mass is 10.0. The third-order valence-electron chi connectivity index (χ3n) is 5.59. The highest BCUT2D eigenvalue weighted by Crippen LogP contribution is 2.33. The molecule has 0 radical (unpaired) electrons. The molecule has 0 spiro atoms. The van der Waals surface area contributed by atoms with Gasteiger partial charge in [0.15, 0.2) is 0 Å². The predicted molar refractivity (Wildman–Crippen MR) is 118 cm³/mol. The Hall–Kier alpha value is -3.84. The molecule has 6 heterocycles. The average Bonchev–Trinajstić information content (AvgIpc) is 3.43. The molecule has 7 nitrogen and oxygen atoms in total. The second kappa shape index (κ2) is 6.89. The topological polar surface area (TPSA) is 95.2 Å². The normalized spacial score (nSPS) is 14.3. The molecule has 1 aliphatic heterocycles. The fourth-order valence-corrected chi connectivity index (χ4v) is 4.06. The van der Waals surface area contributed by atoms with Crippen molar-refractivity contribution in [2.45, 2.75) is 6.42 Å². The van der Waals surface area contributed by atoms with E-state index in [9.17, 15) is 0 Å². The number of hydrogen-bond donors (Lipinski definition) is 3. The number of aromatic nitrogens is 6. The molecule has 30 heavy (non-hydrogen) atoms. The summed E-state index contributed by atoms with van der Waals surface area (Å²) in [6, 6.07) is 10.2. The van der Waals surface area contributed by atoms with Gasteiger partial charge in [-0.15, -0.1) is 0 Å². The van der Waals surface area contributed by atoms with Gasteiger partial charge in [0.2, 0.25) is 0 Å². The monoisotopic (exact) mass is 393 g/mol. The largest absolute Gasteiger partial charge is 0.352 e. The number of pyridine rings is 3. The SMILES string of the molecule is C1=C(c2ccc3[nH]nc(-c4cc5c(-c6ccncc6)cncc5[nH]4)c3n2)CCNC1. The second-order valence-corrected chi connectivity index (χ2v) is 7.42. The Kier molecular flexibility index (Phi) is 3.92. The number of hydrogen-bond acceptors (Lipinski definition) is 5. The predicted octanol–water partition coefficient (Wildman–Crippen LogP) is 3.94. The highest BCUT2D eigenvalue weighted by Gasteiger charge is 2.16. The summed E-state index contributed by atoms with van der Waals surface area (Å²) < 4.78 is 0. The van der Waals surface area contributed by atoms with Crippen LogP contribution in [0.25, 0.3) is 50.0 Å². The molecule has 0 atom stereocenters. The zero-order chi connectivity index (χ0) is 19.9. The van der Waals surface area contributed by atoms with E-state index in [2.05, 4.69) is 54.7 Å². The van der Waals surface area contributed by atoms with Crippen LogP contribution in [-0.2, 0) is 0 Å². The Balaban J connectivity index is 1.50. The van der Waals surface area contributed by atoms with Crippen molar-refractivity contribution in [2.75, 3.05) is 13.1 Å². The summed E-state index contributed by atoms with van der Waals surface area (Å²) in [5, 5.41) is 12.1. The lowest BCUT2D eigenvalue weighted by molar-refractivity contribution is 0.737. The Morgan fingerprint density at radius 3 is 2.73 bits per heavy atom. The van der Waals surface area contributed by atoms with Gasteiger partial charge in [0.25, 0.3) is 0 Å². The first-order chi connectivity index (χ1) is 14.9. The summed E-state index contributed by atoms with van der Waals surface area (Å²) >= 11 is 0. The van der Waals surface area contributed by atoms with E-state index in [1.165, 1.54) is 5.57 Å². The molecular weight excluding hydrogens is 374 g/mol. The lowest BCUT2D eigenvalue weighted by Gasteiger charge is -2.13. The number of H-pyrrole nitrogens is 2. The van der Waals surface area contributed by atoms with Crippen molar-refractivity contribution in [3.05, 3.63) is 66.9 Å². The van der Waals surface area contributed by atoms with Gasteiger partial charge in [-0.3, -0.25) is 15.1 Å². The van der Waals surface area contributed by atoms with Gasteiger partial charge >= 0.3 is 0 Å². The molecule has 3 N–H and O–H groups in total. The minimum absolute atomic E-state index is 0.818. The number of aromatic amines is 2. The Bertz CT molecular complexity index is 1400. The first-order valence-corrected chi connectivity index (χ1v) is 9.99. The second-order valence-electron chi connectivity index (χ2n) is 7.42. The van der Waals surface area contributed by atoms with Gasteiger partial charge < -0.3 is 10.3 Å². The van der Waals surface area contributed by atoms with Crippen LogP contribution < -0.4 is 5.32 Å². The molecule has 6 rings (SSSR count). The van der Waals surface area contributed by atoms with Crippen LogP contribution in [0, 0.1) is 0 Å². The van der Waals surface area contributed by atoms with E-state index in [0.717, 1.165) is 69.7 Å². The van der Waals surface area contributed by atoms with Crippen LogP contribution in [0.1, 0.15) is 12.1 Å². The van der Waals surface area contributed by atoms with Crippen molar-refractivity contribution in [3.63, 3.8) is 0 Å². The zero-order valence-electron chi connectivity index (χ0n) is 16.2. The quantitative estimate of drug-likeness (QED) is 0.432. The molecule has 0 saturated carbocycles. The van der Waals surface area contributed by atoms with Crippen LogP contribution in [0.3, 0.4) is 0 Å². The first-order valence-electron chi connectivity index (χ1n) is 9.99. The average molecular weight is 393 g/mol. The summed E-state index contributed by atoms with van der Waals surface area (Å²) in [7, 11) is 0. The molecule has 0 saturated heterocycles. The minimum Gasteiger partial charge on any atom is -0.352 e. The van der Waals surface area contributed by atoms with Crippen LogP contribution >= 0.6 is 0 Å². The Labute approximate surface area is 172 Å². The van der Waals surface area contributed by atoms with E-state index in [1.807, 2.05) is 24.5 Å². The summed E-state index contributed by atoms with van der Waals surface area (Å²) in [6.45, 7) is 1.87. The van der Waals surface area contributed by atoms with E-state index in [1.54, 1.807) is 12.4 Å². The molecule has 0 amide bonds. The summed E-state index contributed by atoms with van der Waals surface area (Å²) in [5.74, 6) is 0. The molecule has 0 fully saturated rings. The molecule has 7 heteroatoms. The molecule has 5 aromatic heterocycles. The van der Waals surface area contributed by atoms with Crippen LogP contribution in [0.4, 0.5) is 0 Å². The van der Waals surface area contributed by atoms with Crippen molar-refractivity contribution >= 4 is 27.5 Å². The molecule has 5 aromatic rings. The number of nitrogens with one attached hydrogen (secondary N) is 3. The summed E-state index contributed by atoms with van der Waals surface area (Å²) in [6.07, 6.45) is 10.5. The van der Waals surface area contributed by atoms with Gasteiger partial charge in [0.1, 0.15) is 11.2 Å². The molecule has 0 aromatic carbocycles. The van der Waals surface area contributed by atoms with Crippen LogP contribution in [-0.4, -0.2) is 43.2 Å². The van der Waals surface area contributed by atoms with Gasteiger partial charge in [-0.2, -0.15) is 5.10 Å². The molecule has 0 unspecified atom stereocenters. The standard InChI is InChI=1S/C23H19N7/c1-2-19-22(28-18(1)15-5-9-25-10-6-15)23(30-29-19)20-11-16-17(12-26-13-21(16)27-20)14-3-7-24-8-4-14/h1-5,7-8,11-13,25,27H,6,9-10H2,(H,29,30). The summed E-state index contributed by atoms with van der Waals surface area (Å²) in [4.78, 5) is 17.0. The lowest BCUT2D eigenvalue weighted by Crippen LogP contribution is -2.20. The van der Waals surface area contributed by atoms with Crippen LogP contribution in [0.15, 0.2) is 61.2 Å². The first kappa shape index (κ1) is 17.1. The van der Waals surface area contributed by atoms with Gasteiger partial charge in [-0.05, 0) is 54.4 Å². The minimum atomic E-state index is 0.818. The number of nitrogens with zero attached hydrogens (tertiary/aromatic N) is 4. The molecular formula is C23H19N7.